The number of Topliss-reactive ketones (excluding diaryl/α,β-unsaturated/α-hetero) is 1. The number of piperidine rings is 1. The van der Waals surface area contributed by atoms with E-state index in [9.17, 15) is 19.2 Å². The number of likely N-dealkylation sites (tertiary alicyclic amines) is 1. The summed E-state index contributed by atoms with van der Waals surface area (Å²) in [7, 11) is 3.50. The van der Waals surface area contributed by atoms with E-state index in [0.29, 0.717) is 37.5 Å². The van der Waals surface area contributed by atoms with Gasteiger partial charge in [-0.1, -0.05) is 87.8 Å². The van der Waals surface area contributed by atoms with Crippen molar-refractivity contribution in [2.75, 3.05) is 20.6 Å². The molecule has 254 valence electrons. The van der Waals surface area contributed by atoms with Crippen LogP contribution in [0.3, 0.4) is 0 Å². The van der Waals surface area contributed by atoms with Crippen LogP contribution < -0.4 is 21.7 Å². The minimum absolute atomic E-state index is 0.00318. The Morgan fingerprint density at radius 2 is 1.58 bits per heavy atom. The van der Waals surface area contributed by atoms with Gasteiger partial charge in [-0.05, 0) is 46.8 Å². The van der Waals surface area contributed by atoms with Crippen molar-refractivity contribution in [1.82, 2.24) is 25.8 Å². The molecule has 3 rings (SSSR count). The predicted molar refractivity (Wildman–Crippen MR) is 178 cm³/mol. The Balaban J connectivity index is 1.80. The summed E-state index contributed by atoms with van der Waals surface area (Å²) in [5, 5.41) is 9.83. The third-order valence-electron chi connectivity index (χ3n) is 10.5. The summed E-state index contributed by atoms with van der Waals surface area (Å²) in [5.41, 5.74) is 4.97. The molecule has 1 saturated heterocycles. The number of fused-ring (bicyclic) bond motifs is 1. The van der Waals surface area contributed by atoms with E-state index in [1.54, 1.807) is 23.9 Å². The van der Waals surface area contributed by atoms with Crippen LogP contribution in [0, 0.1) is 34.0 Å². The van der Waals surface area contributed by atoms with E-state index in [-0.39, 0.29) is 57.9 Å². The first-order valence-corrected chi connectivity index (χ1v) is 16.6. The van der Waals surface area contributed by atoms with Crippen LogP contribution in [0.25, 0.3) is 0 Å². The third kappa shape index (κ3) is 8.41. The maximum Gasteiger partial charge on any atom is 0.246 e. The second-order valence-corrected chi connectivity index (χ2v) is 16.7. The Labute approximate surface area is 271 Å². The summed E-state index contributed by atoms with van der Waals surface area (Å²) in [6, 6.07) is -2.17. The molecule has 2 aliphatic carbocycles. The molecular formula is C35H60N6O4. The van der Waals surface area contributed by atoms with Gasteiger partial charge in [-0.25, -0.2) is 0 Å². The lowest BCUT2D eigenvalue weighted by molar-refractivity contribution is -0.144. The van der Waals surface area contributed by atoms with Gasteiger partial charge in [-0.2, -0.15) is 0 Å². The van der Waals surface area contributed by atoms with Crippen LogP contribution in [0.2, 0.25) is 0 Å². The van der Waals surface area contributed by atoms with Crippen LogP contribution >= 0.6 is 0 Å². The fourth-order valence-electron chi connectivity index (χ4n) is 7.04. The van der Waals surface area contributed by atoms with Crippen molar-refractivity contribution in [3.8, 4) is 0 Å². The number of hydrogen-bond acceptors (Lipinski definition) is 7. The van der Waals surface area contributed by atoms with Gasteiger partial charge in [0.1, 0.15) is 12.1 Å². The van der Waals surface area contributed by atoms with Crippen molar-refractivity contribution in [2.45, 2.75) is 118 Å². The van der Waals surface area contributed by atoms with Gasteiger partial charge in [0.05, 0.1) is 17.6 Å². The molecule has 0 bridgehead atoms. The molecule has 3 fully saturated rings. The molecule has 0 aromatic carbocycles. The quantitative estimate of drug-likeness (QED) is 0.216. The Kier molecular flexibility index (Phi) is 10.8. The van der Waals surface area contributed by atoms with Crippen LogP contribution in [0.4, 0.5) is 0 Å². The molecule has 1 heterocycles. The lowest BCUT2D eigenvalue weighted by Gasteiger charge is -2.40. The minimum Gasteiger partial charge on any atom is -0.396 e. The largest absolute Gasteiger partial charge is 0.396 e. The van der Waals surface area contributed by atoms with E-state index in [0.717, 1.165) is 19.3 Å². The molecule has 2 saturated carbocycles. The number of nitrogens with one attached hydrogen (secondary N) is 3. The Morgan fingerprint density at radius 3 is 2.04 bits per heavy atom. The van der Waals surface area contributed by atoms with Crippen LogP contribution in [-0.2, 0) is 19.2 Å². The number of nitrogens with two attached hydrogens (primary N) is 1. The standard InChI is InChI=1S/C35H60N6O4/c1-20(36)29(43)24(18-22-14-13-15-22)39-31(44)28-27-23(35(27,9)10)19-41(28)32(45)30(34(6,7)8)38-21(2)37-25(33(3,4)5)16-17-26(42)40(11)12/h22-25,27-28,30,37-38H,1-2,13-19,36H2,3-12H3,(H,39,44)/t23-,24?,25?,27-,28?,30?/m0/s1. The maximum atomic E-state index is 14.4. The first-order valence-electron chi connectivity index (χ1n) is 16.6. The molecule has 0 aromatic heterocycles. The topological polar surface area (TPSA) is 137 Å². The molecule has 5 N–H and O–H groups in total. The number of ketones is 1. The summed E-state index contributed by atoms with van der Waals surface area (Å²) in [6.07, 6.45) is 4.71. The zero-order chi connectivity index (χ0) is 34.2. The van der Waals surface area contributed by atoms with Crippen molar-refractivity contribution >= 4 is 23.5 Å². The van der Waals surface area contributed by atoms with E-state index >= 15 is 0 Å². The number of rotatable bonds is 14. The molecule has 3 amide bonds. The molecule has 45 heavy (non-hydrogen) atoms. The van der Waals surface area contributed by atoms with Crippen LogP contribution in [-0.4, -0.2) is 78.1 Å². The van der Waals surface area contributed by atoms with E-state index < -0.39 is 23.5 Å². The summed E-state index contributed by atoms with van der Waals surface area (Å²) in [4.78, 5) is 57.0. The molecular weight excluding hydrogens is 568 g/mol. The summed E-state index contributed by atoms with van der Waals surface area (Å²) >= 11 is 0. The van der Waals surface area contributed by atoms with Gasteiger partial charge in [0.25, 0.3) is 0 Å². The van der Waals surface area contributed by atoms with E-state index in [4.69, 9.17) is 5.73 Å². The summed E-state index contributed by atoms with van der Waals surface area (Å²) in [6.45, 7) is 24.9. The fourth-order valence-corrected chi connectivity index (χ4v) is 7.04. The van der Waals surface area contributed by atoms with Gasteiger partial charge < -0.3 is 31.5 Å². The van der Waals surface area contributed by atoms with Crippen molar-refractivity contribution in [3.63, 3.8) is 0 Å². The SMILES string of the molecule is C=C(NC(CCC(=O)N(C)C)C(C)(C)C)NC(C(=O)N1C[C@H]2[C@@H](C1C(=O)NC(CC1CCC1)C(=O)C(=C)N)C2(C)C)C(C)(C)C. The van der Waals surface area contributed by atoms with E-state index in [1.165, 1.54) is 0 Å². The van der Waals surface area contributed by atoms with Crippen LogP contribution in [0.1, 0.15) is 93.9 Å². The lowest BCUT2D eigenvalue weighted by Crippen LogP contribution is -2.60. The molecule has 10 nitrogen and oxygen atoms in total. The zero-order valence-electron chi connectivity index (χ0n) is 29.5. The van der Waals surface area contributed by atoms with Gasteiger partial charge in [0.2, 0.25) is 17.7 Å². The number of hydrogen-bond donors (Lipinski definition) is 4. The van der Waals surface area contributed by atoms with Gasteiger partial charge in [-0.3, -0.25) is 19.2 Å². The summed E-state index contributed by atoms with van der Waals surface area (Å²) in [5.74, 6) is 0.300. The highest BCUT2D eigenvalue weighted by molar-refractivity contribution is 6.01. The molecule has 4 unspecified atom stereocenters. The van der Waals surface area contributed by atoms with Crippen LogP contribution in [0.15, 0.2) is 24.7 Å². The summed E-state index contributed by atoms with van der Waals surface area (Å²) < 4.78 is 0. The number of carbonyl (C=O) groups excluding carboxylic acids is 4. The Hall–Kier alpha value is -3.04. The zero-order valence-corrected chi connectivity index (χ0v) is 29.5. The molecule has 10 heteroatoms. The lowest BCUT2D eigenvalue weighted by atomic mass is 9.80. The molecule has 1 aliphatic heterocycles. The Morgan fingerprint density at radius 1 is 0.978 bits per heavy atom. The highest BCUT2D eigenvalue weighted by Crippen LogP contribution is 2.65. The highest BCUT2D eigenvalue weighted by Gasteiger charge is 2.69. The Bertz CT molecular complexity index is 1180. The molecule has 3 aliphatic rings. The average Bonchev–Trinajstić information content (AvgIpc) is 3.20. The van der Waals surface area contributed by atoms with Crippen molar-refractivity contribution in [1.29, 1.82) is 0 Å². The second-order valence-electron chi connectivity index (χ2n) is 16.7. The third-order valence-corrected chi connectivity index (χ3v) is 10.5. The fraction of sp³-hybridized carbons (Fsp3) is 0.771. The number of amides is 3. The van der Waals surface area contributed by atoms with Gasteiger partial charge >= 0.3 is 0 Å². The number of carbonyl (C=O) groups is 4. The molecule has 0 spiro atoms. The van der Waals surface area contributed by atoms with Gasteiger partial charge in [0, 0.05) is 33.1 Å². The molecule has 0 radical (unpaired) electrons. The van der Waals surface area contributed by atoms with Crippen molar-refractivity contribution in [3.05, 3.63) is 24.7 Å². The van der Waals surface area contributed by atoms with E-state index in [2.05, 4.69) is 63.7 Å². The van der Waals surface area contributed by atoms with E-state index in [1.807, 2.05) is 20.8 Å². The van der Waals surface area contributed by atoms with Crippen LogP contribution in [0.5, 0.6) is 0 Å². The average molecular weight is 629 g/mol. The number of nitrogens with zero attached hydrogens (tertiary/aromatic N) is 2. The van der Waals surface area contributed by atoms with Gasteiger partial charge in [-0.15, -0.1) is 0 Å². The predicted octanol–water partition coefficient (Wildman–Crippen LogP) is 3.53. The van der Waals surface area contributed by atoms with Crippen molar-refractivity contribution in [2.24, 2.45) is 39.7 Å². The first-order chi connectivity index (χ1) is 20.6. The van der Waals surface area contributed by atoms with Crippen molar-refractivity contribution < 1.29 is 19.2 Å². The highest BCUT2D eigenvalue weighted by atomic mass is 16.2. The maximum absolute atomic E-state index is 14.4. The minimum atomic E-state index is -0.743. The molecule has 6 atom stereocenters. The smallest absolute Gasteiger partial charge is 0.246 e. The normalized spacial score (nSPS) is 24.3. The second kappa shape index (κ2) is 13.4. The molecule has 0 aromatic rings. The first kappa shape index (κ1) is 36.4. The monoisotopic (exact) mass is 628 g/mol. The van der Waals surface area contributed by atoms with Gasteiger partial charge in [0.15, 0.2) is 5.78 Å².